The maximum absolute atomic E-state index is 14.5. The molecule has 0 radical (unpaired) electrons. The number of nitrogens with one attached hydrogen (secondary N) is 1. The van der Waals surface area contributed by atoms with Gasteiger partial charge in [0.15, 0.2) is 0 Å². The van der Waals surface area contributed by atoms with Crippen LogP contribution in [0.3, 0.4) is 0 Å². The number of hydrogen-bond donors (Lipinski definition) is 1. The molecule has 0 saturated carbocycles. The number of hydrogen-bond acceptors (Lipinski definition) is 6. The molecule has 0 amide bonds. The van der Waals surface area contributed by atoms with E-state index in [1.807, 2.05) is 13.0 Å². The van der Waals surface area contributed by atoms with Crippen molar-refractivity contribution in [3.05, 3.63) is 66.1 Å². The number of pyridine rings is 1. The molecular weight excluding hydrogens is 409 g/mol. The van der Waals surface area contributed by atoms with E-state index in [0.717, 1.165) is 5.56 Å². The number of sulfonamides is 1. The number of anilines is 1. The third-order valence-electron chi connectivity index (χ3n) is 4.92. The molecule has 4 rings (SSSR count). The second-order valence-corrected chi connectivity index (χ2v) is 8.82. The van der Waals surface area contributed by atoms with Gasteiger partial charge in [-0.05, 0) is 36.8 Å². The number of rotatable bonds is 6. The molecule has 10 heteroatoms. The molecule has 158 valence electrons. The summed E-state index contributed by atoms with van der Waals surface area (Å²) in [4.78, 5) is 8.44. The van der Waals surface area contributed by atoms with Crippen molar-refractivity contribution in [1.29, 1.82) is 0 Å². The normalized spacial score (nSPS) is 15.3. The third-order valence-corrected chi connectivity index (χ3v) is 6.80. The van der Waals surface area contributed by atoms with Crippen molar-refractivity contribution in [2.75, 3.05) is 31.6 Å². The topological polar surface area (TPSA) is 89.4 Å². The summed E-state index contributed by atoms with van der Waals surface area (Å²) in [5, 5.41) is 3.09. The van der Waals surface area contributed by atoms with Gasteiger partial charge in [-0.1, -0.05) is 6.07 Å². The molecule has 1 N–H and O–H groups in total. The van der Waals surface area contributed by atoms with Crippen LogP contribution < -0.4 is 5.32 Å². The third kappa shape index (κ3) is 4.20. The van der Waals surface area contributed by atoms with Gasteiger partial charge in [0.05, 0.1) is 18.9 Å². The van der Waals surface area contributed by atoms with Crippen LogP contribution in [0.1, 0.15) is 11.4 Å². The summed E-state index contributed by atoms with van der Waals surface area (Å²) in [5.41, 5.74) is 1.17. The monoisotopic (exact) mass is 431 g/mol. The average molecular weight is 431 g/mol. The van der Waals surface area contributed by atoms with Gasteiger partial charge < -0.3 is 14.6 Å². The highest BCUT2D eigenvalue weighted by atomic mass is 32.2. The minimum atomic E-state index is -3.58. The molecule has 0 aliphatic carbocycles. The molecule has 0 unspecified atom stereocenters. The standard InChI is InChI=1S/C20H22FN5O3S/c1-15-22-6-7-26(15)19-4-2-16(12-18(19)21)13-23-20-5-3-17(14-24-20)30(27,28)25-8-10-29-11-9-25/h2-7,12,14H,8-11,13H2,1H3,(H,23,24). The minimum Gasteiger partial charge on any atom is -0.379 e. The zero-order chi connectivity index (χ0) is 21.1. The van der Waals surface area contributed by atoms with E-state index >= 15 is 0 Å². The zero-order valence-corrected chi connectivity index (χ0v) is 17.3. The first-order chi connectivity index (χ1) is 14.4. The Kier molecular flexibility index (Phi) is 5.80. The van der Waals surface area contributed by atoms with Crippen molar-refractivity contribution in [3.8, 4) is 5.69 Å². The van der Waals surface area contributed by atoms with Crippen LogP contribution in [0.2, 0.25) is 0 Å². The number of aromatic nitrogens is 3. The largest absolute Gasteiger partial charge is 0.379 e. The van der Waals surface area contributed by atoms with E-state index in [-0.39, 0.29) is 10.7 Å². The predicted octanol–water partition coefficient (Wildman–Crippen LogP) is 2.35. The number of nitrogens with zero attached hydrogens (tertiary/aromatic N) is 4. The lowest BCUT2D eigenvalue weighted by Crippen LogP contribution is -2.40. The van der Waals surface area contributed by atoms with Crippen LogP contribution >= 0.6 is 0 Å². The molecule has 8 nitrogen and oxygen atoms in total. The first-order valence-corrected chi connectivity index (χ1v) is 11.0. The Morgan fingerprint density at radius 3 is 2.60 bits per heavy atom. The van der Waals surface area contributed by atoms with Gasteiger partial charge in [0.2, 0.25) is 10.0 Å². The van der Waals surface area contributed by atoms with E-state index in [1.54, 1.807) is 29.1 Å². The predicted molar refractivity (Wildman–Crippen MR) is 109 cm³/mol. The van der Waals surface area contributed by atoms with E-state index in [1.165, 1.54) is 22.6 Å². The number of halogens is 1. The van der Waals surface area contributed by atoms with E-state index in [0.29, 0.717) is 50.2 Å². The van der Waals surface area contributed by atoms with Crippen molar-refractivity contribution < 1.29 is 17.5 Å². The van der Waals surface area contributed by atoms with E-state index in [4.69, 9.17) is 4.74 Å². The SMILES string of the molecule is Cc1nccn1-c1ccc(CNc2ccc(S(=O)(=O)N3CCOCC3)cn2)cc1F. The Labute approximate surface area is 174 Å². The van der Waals surface area contributed by atoms with Gasteiger partial charge in [-0.15, -0.1) is 0 Å². The van der Waals surface area contributed by atoms with Crippen LogP contribution in [-0.2, 0) is 21.3 Å². The molecule has 0 bridgehead atoms. The van der Waals surface area contributed by atoms with Crippen LogP contribution in [0.25, 0.3) is 5.69 Å². The van der Waals surface area contributed by atoms with Crippen molar-refractivity contribution in [3.63, 3.8) is 0 Å². The second-order valence-electron chi connectivity index (χ2n) is 6.88. The molecule has 1 aliphatic heterocycles. The van der Waals surface area contributed by atoms with Gasteiger partial charge >= 0.3 is 0 Å². The molecule has 2 aromatic heterocycles. The average Bonchev–Trinajstić information content (AvgIpc) is 3.19. The second kappa shape index (κ2) is 8.50. The molecule has 1 saturated heterocycles. The number of imidazole rings is 1. The fourth-order valence-corrected chi connectivity index (χ4v) is 4.61. The van der Waals surface area contributed by atoms with E-state index in [9.17, 15) is 12.8 Å². The first-order valence-electron chi connectivity index (χ1n) is 9.52. The number of aryl methyl sites for hydroxylation is 1. The molecule has 1 aliphatic rings. The molecule has 3 aromatic rings. The summed E-state index contributed by atoms with van der Waals surface area (Å²) >= 11 is 0. The summed E-state index contributed by atoms with van der Waals surface area (Å²) < 4.78 is 48.1. The highest BCUT2D eigenvalue weighted by Gasteiger charge is 2.26. The van der Waals surface area contributed by atoms with Gasteiger partial charge in [0, 0.05) is 38.2 Å². The summed E-state index contributed by atoms with van der Waals surface area (Å²) in [6, 6.07) is 8.10. The summed E-state index contributed by atoms with van der Waals surface area (Å²) in [7, 11) is -3.58. The Balaban J connectivity index is 1.42. The summed E-state index contributed by atoms with van der Waals surface area (Å²) in [5.74, 6) is 0.859. The molecule has 0 spiro atoms. The lowest BCUT2D eigenvalue weighted by molar-refractivity contribution is 0.0730. The van der Waals surface area contributed by atoms with Crippen LogP contribution in [0.15, 0.2) is 53.8 Å². The number of ether oxygens (including phenoxy) is 1. The zero-order valence-electron chi connectivity index (χ0n) is 16.5. The molecular formula is C20H22FN5O3S. The molecule has 1 fully saturated rings. The Hall–Kier alpha value is -2.82. The smallest absolute Gasteiger partial charge is 0.244 e. The molecule has 1 aromatic carbocycles. The number of morpholine rings is 1. The van der Waals surface area contributed by atoms with Crippen LogP contribution in [0, 0.1) is 12.7 Å². The molecule has 0 atom stereocenters. The van der Waals surface area contributed by atoms with Crippen molar-refractivity contribution in [1.82, 2.24) is 18.8 Å². The van der Waals surface area contributed by atoms with Crippen molar-refractivity contribution in [2.45, 2.75) is 18.4 Å². The summed E-state index contributed by atoms with van der Waals surface area (Å²) in [6.07, 6.45) is 4.67. The van der Waals surface area contributed by atoms with Crippen molar-refractivity contribution >= 4 is 15.8 Å². The maximum Gasteiger partial charge on any atom is 0.244 e. The lowest BCUT2D eigenvalue weighted by Gasteiger charge is -2.25. The highest BCUT2D eigenvalue weighted by molar-refractivity contribution is 7.89. The van der Waals surface area contributed by atoms with Gasteiger partial charge in [-0.2, -0.15) is 4.31 Å². The highest BCUT2D eigenvalue weighted by Crippen LogP contribution is 2.19. The number of benzene rings is 1. The van der Waals surface area contributed by atoms with Crippen LogP contribution in [0.5, 0.6) is 0 Å². The fourth-order valence-electron chi connectivity index (χ4n) is 3.25. The minimum absolute atomic E-state index is 0.140. The quantitative estimate of drug-likeness (QED) is 0.645. The van der Waals surface area contributed by atoms with Crippen LogP contribution in [-0.4, -0.2) is 53.6 Å². The van der Waals surface area contributed by atoms with Gasteiger partial charge in [0.25, 0.3) is 0 Å². The molecule has 3 heterocycles. The molecule has 30 heavy (non-hydrogen) atoms. The van der Waals surface area contributed by atoms with E-state index in [2.05, 4.69) is 15.3 Å². The van der Waals surface area contributed by atoms with Crippen LogP contribution in [0.4, 0.5) is 10.2 Å². The fraction of sp³-hybridized carbons (Fsp3) is 0.300. The van der Waals surface area contributed by atoms with Gasteiger partial charge in [0.1, 0.15) is 22.4 Å². The Bertz CT molecular complexity index is 1130. The van der Waals surface area contributed by atoms with Gasteiger partial charge in [-0.25, -0.2) is 22.8 Å². The Morgan fingerprint density at radius 2 is 1.97 bits per heavy atom. The Morgan fingerprint density at radius 1 is 1.17 bits per heavy atom. The van der Waals surface area contributed by atoms with Crippen molar-refractivity contribution in [2.24, 2.45) is 0 Å². The first kappa shape index (κ1) is 20.5. The van der Waals surface area contributed by atoms with E-state index < -0.39 is 10.0 Å². The lowest BCUT2D eigenvalue weighted by atomic mass is 10.2. The maximum atomic E-state index is 14.5. The van der Waals surface area contributed by atoms with Gasteiger partial charge in [-0.3, -0.25) is 0 Å². The summed E-state index contributed by atoms with van der Waals surface area (Å²) in [6.45, 7) is 3.61.